The van der Waals surface area contributed by atoms with Crippen LogP contribution in [0.4, 0.5) is 0 Å². The van der Waals surface area contributed by atoms with E-state index in [0.717, 1.165) is 29.2 Å². The van der Waals surface area contributed by atoms with Crippen molar-refractivity contribution in [1.29, 1.82) is 0 Å². The minimum atomic E-state index is -0.300. The van der Waals surface area contributed by atoms with E-state index in [9.17, 15) is 14.4 Å². The fraction of sp³-hybridized carbons (Fsp3) is 0.471. The van der Waals surface area contributed by atoms with Crippen LogP contribution in [-0.2, 0) is 27.2 Å². The molecule has 0 aromatic heterocycles. The third-order valence-electron chi connectivity index (χ3n) is 4.16. The van der Waals surface area contributed by atoms with E-state index in [-0.39, 0.29) is 43.1 Å². The highest BCUT2D eigenvalue weighted by molar-refractivity contribution is 6.04. The monoisotopic (exact) mass is 316 g/mol. The first-order valence-corrected chi connectivity index (χ1v) is 7.90. The highest BCUT2D eigenvalue weighted by Crippen LogP contribution is 2.26. The first-order valence-electron chi connectivity index (χ1n) is 7.90. The minimum Gasteiger partial charge on any atom is -0.493 e. The van der Waals surface area contributed by atoms with Crippen LogP contribution in [-0.4, -0.2) is 41.8 Å². The van der Waals surface area contributed by atoms with Gasteiger partial charge >= 0.3 is 0 Å². The number of likely N-dealkylation sites (tertiary alicyclic amines) is 1. The van der Waals surface area contributed by atoms with Gasteiger partial charge in [-0.15, -0.1) is 0 Å². The topological polar surface area (TPSA) is 75.7 Å². The number of nitrogens with zero attached hydrogens (tertiary/aromatic N) is 1. The zero-order valence-electron chi connectivity index (χ0n) is 13.1. The molecule has 0 bridgehead atoms. The van der Waals surface area contributed by atoms with Gasteiger partial charge in [-0.25, -0.2) is 0 Å². The second-order valence-electron chi connectivity index (χ2n) is 6.09. The summed E-state index contributed by atoms with van der Waals surface area (Å²) in [5.41, 5.74) is 2.34. The fourth-order valence-corrected chi connectivity index (χ4v) is 3.03. The predicted molar refractivity (Wildman–Crippen MR) is 82.9 cm³/mol. The molecule has 1 aromatic rings. The van der Waals surface area contributed by atoms with Gasteiger partial charge in [-0.2, -0.15) is 0 Å². The molecular formula is C17H20N2O4. The summed E-state index contributed by atoms with van der Waals surface area (Å²) in [7, 11) is 0. The van der Waals surface area contributed by atoms with Crippen LogP contribution in [0.2, 0.25) is 0 Å². The van der Waals surface area contributed by atoms with Crippen LogP contribution in [0, 0.1) is 0 Å². The third-order valence-corrected chi connectivity index (χ3v) is 4.16. The molecule has 0 spiro atoms. The summed E-state index contributed by atoms with van der Waals surface area (Å²) in [4.78, 5) is 36.1. The van der Waals surface area contributed by atoms with E-state index in [1.165, 1.54) is 5.56 Å². The van der Waals surface area contributed by atoms with Gasteiger partial charge in [0.1, 0.15) is 12.3 Å². The molecule has 1 N–H and O–H groups in total. The van der Waals surface area contributed by atoms with Crippen molar-refractivity contribution in [2.75, 3.05) is 13.2 Å². The van der Waals surface area contributed by atoms with E-state index in [0.29, 0.717) is 6.42 Å². The number of fused-ring (bicyclic) bond motifs is 1. The van der Waals surface area contributed by atoms with Gasteiger partial charge in [0.05, 0.1) is 6.61 Å². The zero-order valence-corrected chi connectivity index (χ0v) is 13.1. The SMILES string of the molecule is C[C@H](Cc1ccc2c(c1)CCO2)NC(=O)CN1C(=O)CCC1=O. The number of amides is 3. The van der Waals surface area contributed by atoms with Crippen LogP contribution >= 0.6 is 0 Å². The smallest absolute Gasteiger partial charge is 0.240 e. The molecule has 1 saturated heterocycles. The van der Waals surface area contributed by atoms with E-state index in [1.54, 1.807) is 0 Å². The average Bonchev–Trinajstić information content (AvgIpc) is 3.08. The van der Waals surface area contributed by atoms with Gasteiger partial charge < -0.3 is 10.1 Å². The summed E-state index contributed by atoms with van der Waals surface area (Å²) in [6.45, 7) is 2.46. The normalized spacial score (nSPS) is 17.9. The number of carbonyl (C=O) groups is 3. The summed E-state index contributed by atoms with van der Waals surface area (Å²) in [6.07, 6.45) is 2.03. The lowest BCUT2D eigenvalue weighted by Gasteiger charge is -2.17. The number of ether oxygens (including phenoxy) is 1. The zero-order chi connectivity index (χ0) is 16.4. The van der Waals surface area contributed by atoms with Gasteiger partial charge in [0, 0.05) is 25.3 Å². The molecule has 2 aliphatic rings. The van der Waals surface area contributed by atoms with Gasteiger partial charge in [0.15, 0.2) is 0 Å². The van der Waals surface area contributed by atoms with E-state index in [4.69, 9.17) is 4.74 Å². The molecule has 2 heterocycles. The van der Waals surface area contributed by atoms with Crippen molar-refractivity contribution >= 4 is 17.7 Å². The molecule has 0 saturated carbocycles. The first kappa shape index (κ1) is 15.5. The first-order chi connectivity index (χ1) is 11.0. The Labute approximate surface area is 134 Å². The Morgan fingerprint density at radius 1 is 1.26 bits per heavy atom. The lowest BCUT2D eigenvalue weighted by Crippen LogP contribution is -2.43. The van der Waals surface area contributed by atoms with Crippen molar-refractivity contribution in [3.05, 3.63) is 29.3 Å². The molecule has 6 heteroatoms. The van der Waals surface area contributed by atoms with Crippen molar-refractivity contribution in [2.45, 2.75) is 38.6 Å². The molecule has 122 valence electrons. The Morgan fingerprint density at radius 3 is 2.74 bits per heavy atom. The number of carbonyl (C=O) groups excluding carboxylic acids is 3. The molecule has 3 rings (SSSR count). The van der Waals surface area contributed by atoms with Crippen molar-refractivity contribution in [2.24, 2.45) is 0 Å². The number of hydrogen-bond acceptors (Lipinski definition) is 4. The van der Waals surface area contributed by atoms with Crippen molar-refractivity contribution < 1.29 is 19.1 Å². The van der Waals surface area contributed by atoms with Crippen LogP contribution in [0.25, 0.3) is 0 Å². The quantitative estimate of drug-likeness (QED) is 0.816. The molecule has 1 aromatic carbocycles. The molecule has 23 heavy (non-hydrogen) atoms. The fourth-order valence-electron chi connectivity index (χ4n) is 3.03. The summed E-state index contributed by atoms with van der Waals surface area (Å²) in [5, 5.41) is 2.85. The van der Waals surface area contributed by atoms with Crippen LogP contribution < -0.4 is 10.1 Å². The maximum Gasteiger partial charge on any atom is 0.240 e. The summed E-state index contributed by atoms with van der Waals surface area (Å²) in [6, 6.07) is 6.00. The lowest BCUT2D eigenvalue weighted by molar-refractivity contribution is -0.142. The molecule has 1 fully saturated rings. The largest absolute Gasteiger partial charge is 0.493 e. The predicted octanol–water partition coefficient (Wildman–Crippen LogP) is 0.818. The van der Waals surface area contributed by atoms with Crippen LogP contribution in [0.5, 0.6) is 5.75 Å². The van der Waals surface area contributed by atoms with Gasteiger partial charge in [-0.1, -0.05) is 12.1 Å². The van der Waals surface area contributed by atoms with E-state index < -0.39 is 0 Å². The van der Waals surface area contributed by atoms with Crippen molar-refractivity contribution in [3.8, 4) is 5.75 Å². The highest BCUT2D eigenvalue weighted by Gasteiger charge is 2.30. The molecule has 6 nitrogen and oxygen atoms in total. The second-order valence-corrected chi connectivity index (χ2v) is 6.09. The summed E-state index contributed by atoms with van der Waals surface area (Å²) in [5.74, 6) is 0.106. The highest BCUT2D eigenvalue weighted by atomic mass is 16.5. The van der Waals surface area contributed by atoms with Crippen molar-refractivity contribution in [3.63, 3.8) is 0 Å². The van der Waals surface area contributed by atoms with Gasteiger partial charge in [-0.05, 0) is 30.5 Å². The number of benzene rings is 1. The Kier molecular flexibility index (Phi) is 4.32. The van der Waals surface area contributed by atoms with Gasteiger partial charge in [0.2, 0.25) is 17.7 Å². The van der Waals surface area contributed by atoms with Crippen LogP contribution in [0.1, 0.15) is 30.9 Å². The molecule has 3 amide bonds. The number of imide groups is 1. The third kappa shape index (κ3) is 3.52. The molecule has 2 aliphatic heterocycles. The van der Waals surface area contributed by atoms with Crippen LogP contribution in [0.15, 0.2) is 18.2 Å². The standard InChI is InChI=1S/C17H20N2O4/c1-11(8-12-2-3-14-13(9-12)6-7-23-14)18-15(20)10-19-16(21)4-5-17(19)22/h2-3,9,11H,4-8,10H2,1H3,(H,18,20)/t11-/m1/s1. The van der Waals surface area contributed by atoms with E-state index >= 15 is 0 Å². The lowest BCUT2D eigenvalue weighted by atomic mass is 10.0. The summed E-state index contributed by atoms with van der Waals surface area (Å²) < 4.78 is 5.48. The Bertz CT molecular complexity index is 640. The number of rotatable bonds is 5. The Balaban J connectivity index is 1.52. The second kappa shape index (κ2) is 6.40. The number of nitrogens with one attached hydrogen (secondary N) is 1. The molecule has 0 aliphatic carbocycles. The average molecular weight is 316 g/mol. The maximum atomic E-state index is 12.0. The Morgan fingerprint density at radius 2 is 2.00 bits per heavy atom. The van der Waals surface area contributed by atoms with Crippen LogP contribution in [0.3, 0.4) is 0 Å². The minimum absolute atomic E-state index is 0.0734. The molecule has 0 radical (unpaired) electrons. The van der Waals surface area contributed by atoms with Gasteiger partial charge in [-0.3, -0.25) is 19.3 Å². The van der Waals surface area contributed by atoms with E-state index in [1.807, 2.05) is 19.1 Å². The van der Waals surface area contributed by atoms with Crippen molar-refractivity contribution in [1.82, 2.24) is 10.2 Å². The summed E-state index contributed by atoms with van der Waals surface area (Å²) >= 11 is 0. The molecular weight excluding hydrogens is 296 g/mol. The van der Waals surface area contributed by atoms with Gasteiger partial charge in [0.25, 0.3) is 0 Å². The number of hydrogen-bond donors (Lipinski definition) is 1. The Hall–Kier alpha value is -2.37. The molecule has 0 unspecified atom stereocenters. The maximum absolute atomic E-state index is 12.0. The molecule has 1 atom stereocenters. The van der Waals surface area contributed by atoms with E-state index in [2.05, 4.69) is 11.4 Å².